The van der Waals surface area contributed by atoms with Gasteiger partial charge in [0.2, 0.25) is 5.75 Å². The molecule has 4 aromatic rings. The second-order valence-corrected chi connectivity index (χ2v) is 8.25. The number of para-hydroxylation sites is 2. The molecule has 4 rings (SSSR count). The number of nitro groups is 1. The first-order valence-electron chi connectivity index (χ1n) is 10.3. The van der Waals surface area contributed by atoms with Gasteiger partial charge in [-0.25, -0.2) is 4.98 Å². The van der Waals surface area contributed by atoms with Crippen LogP contribution in [0.3, 0.4) is 0 Å². The minimum atomic E-state index is -0.617. The van der Waals surface area contributed by atoms with Crippen molar-refractivity contribution in [2.45, 2.75) is 6.92 Å². The van der Waals surface area contributed by atoms with Crippen molar-refractivity contribution < 1.29 is 14.5 Å². The summed E-state index contributed by atoms with van der Waals surface area (Å²) in [5.74, 6) is -0.309. The summed E-state index contributed by atoms with van der Waals surface area (Å²) in [6.45, 7) is 1.16. The molecule has 35 heavy (non-hydrogen) atoms. The van der Waals surface area contributed by atoms with E-state index in [4.69, 9.17) is 4.74 Å². The zero-order valence-electron chi connectivity index (χ0n) is 18.3. The van der Waals surface area contributed by atoms with Gasteiger partial charge in [-0.3, -0.25) is 19.7 Å². The molecule has 0 saturated carbocycles. The molecule has 0 aliphatic heterocycles. The molecule has 0 aliphatic rings. The summed E-state index contributed by atoms with van der Waals surface area (Å²) >= 11 is 3.34. The Balaban J connectivity index is 1.65. The third kappa shape index (κ3) is 5.41. The molecule has 0 radical (unpaired) electrons. The maximum Gasteiger partial charge on any atom is 0.311 e. The number of ether oxygens (including phenoxy) is 1. The number of nitro benzene ring substituents is 1. The lowest BCUT2D eigenvalue weighted by molar-refractivity contribution is -0.385. The van der Waals surface area contributed by atoms with E-state index in [2.05, 4.69) is 31.3 Å². The zero-order chi connectivity index (χ0) is 24.9. The number of nitrogens with zero attached hydrogens (tertiary/aromatic N) is 4. The Hall–Kier alpha value is -4.38. The second kappa shape index (κ2) is 10.3. The molecule has 1 N–H and O–H groups in total. The van der Waals surface area contributed by atoms with Gasteiger partial charge in [0.1, 0.15) is 5.82 Å². The molecule has 1 heterocycles. The van der Waals surface area contributed by atoms with E-state index in [0.29, 0.717) is 26.9 Å². The molecule has 0 bridgehead atoms. The molecule has 1 amide bonds. The van der Waals surface area contributed by atoms with E-state index in [1.165, 1.54) is 24.4 Å². The Bertz CT molecular complexity index is 1520. The van der Waals surface area contributed by atoms with Crippen LogP contribution in [0.15, 0.2) is 81.1 Å². The van der Waals surface area contributed by atoms with E-state index in [0.717, 1.165) is 4.68 Å². The number of carbonyl (C=O) groups is 1. The van der Waals surface area contributed by atoms with Crippen molar-refractivity contribution in [1.82, 2.24) is 9.66 Å². The Morgan fingerprint density at radius 3 is 2.71 bits per heavy atom. The smallest absolute Gasteiger partial charge is 0.311 e. The van der Waals surface area contributed by atoms with E-state index < -0.39 is 23.0 Å². The highest BCUT2D eigenvalue weighted by Crippen LogP contribution is 2.30. The van der Waals surface area contributed by atoms with Gasteiger partial charge in [0.05, 0.1) is 22.0 Å². The van der Waals surface area contributed by atoms with Gasteiger partial charge in [0.25, 0.3) is 11.5 Å². The highest BCUT2D eigenvalue weighted by molar-refractivity contribution is 9.10. The van der Waals surface area contributed by atoms with Crippen molar-refractivity contribution in [2.24, 2.45) is 5.10 Å². The standard InChI is InChI=1S/C24H18BrN5O5/c1-15-27-20-11-10-17(25)12-19(20)24(32)29(15)26-13-16-6-5-9-21(30(33)34)23(16)35-14-22(31)28-18-7-3-2-4-8-18/h2-13H,14H2,1H3,(H,28,31). The average Bonchev–Trinajstić information content (AvgIpc) is 2.84. The van der Waals surface area contributed by atoms with Crippen molar-refractivity contribution in [3.63, 3.8) is 0 Å². The van der Waals surface area contributed by atoms with E-state index in [1.807, 2.05) is 6.07 Å². The molecule has 0 unspecified atom stereocenters. The molecule has 3 aromatic carbocycles. The van der Waals surface area contributed by atoms with Gasteiger partial charge in [-0.2, -0.15) is 9.78 Å². The first-order chi connectivity index (χ1) is 16.8. The molecular weight excluding hydrogens is 518 g/mol. The second-order valence-electron chi connectivity index (χ2n) is 7.34. The van der Waals surface area contributed by atoms with E-state index in [9.17, 15) is 19.7 Å². The quantitative estimate of drug-likeness (QED) is 0.213. The molecular formula is C24H18BrN5O5. The van der Waals surface area contributed by atoms with Gasteiger partial charge in [-0.05, 0) is 43.3 Å². The van der Waals surface area contributed by atoms with Crippen LogP contribution < -0.4 is 15.6 Å². The Morgan fingerprint density at radius 1 is 1.20 bits per heavy atom. The third-order valence-electron chi connectivity index (χ3n) is 4.91. The van der Waals surface area contributed by atoms with Crippen LogP contribution in [0.1, 0.15) is 11.4 Å². The largest absolute Gasteiger partial charge is 0.476 e. The predicted molar refractivity (Wildman–Crippen MR) is 135 cm³/mol. The lowest BCUT2D eigenvalue weighted by Crippen LogP contribution is -2.21. The monoisotopic (exact) mass is 535 g/mol. The number of benzene rings is 3. The topological polar surface area (TPSA) is 129 Å². The number of hydrogen-bond donors (Lipinski definition) is 1. The number of hydrogen-bond acceptors (Lipinski definition) is 7. The number of aryl methyl sites for hydroxylation is 1. The van der Waals surface area contributed by atoms with Crippen LogP contribution in [0, 0.1) is 17.0 Å². The summed E-state index contributed by atoms with van der Waals surface area (Å²) in [5.41, 5.74) is 0.556. The molecule has 0 spiro atoms. The first-order valence-corrected chi connectivity index (χ1v) is 11.1. The highest BCUT2D eigenvalue weighted by atomic mass is 79.9. The Morgan fingerprint density at radius 2 is 1.97 bits per heavy atom. The van der Waals surface area contributed by atoms with Crippen molar-refractivity contribution in [3.05, 3.63) is 103 Å². The fourth-order valence-electron chi connectivity index (χ4n) is 3.32. The Labute approximate surface area is 207 Å². The summed E-state index contributed by atoms with van der Waals surface area (Å²) < 4.78 is 7.36. The van der Waals surface area contributed by atoms with Gasteiger partial charge in [-0.15, -0.1) is 0 Å². The first kappa shape index (κ1) is 23.8. The molecule has 0 aliphatic carbocycles. The molecule has 10 nitrogen and oxygen atoms in total. The molecule has 1 aromatic heterocycles. The molecule has 0 fully saturated rings. The van der Waals surface area contributed by atoms with E-state index in [1.54, 1.807) is 49.4 Å². The zero-order valence-corrected chi connectivity index (χ0v) is 19.9. The SMILES string of the molecule is Cc1nc2ccc(Br)cc2c(=O)n1N=Cc1cccc([N+](=O)[O-])c1OCC(=O)Nc1ccccc1. The number of nitrogens with one attached hydrogen (secondary N) is 1. The molecule has 0 saturated heterocycles. The van der Waals surface area contributed by atoms with Crippen LogP contribution >= 0.6 is 15.9 Å². The van der Waals surface area contributed by atoms with Crippen molar-refractivity contribution in [2.75, 3.05) is 11.9 Å². The van der Waals surface area contributed by atoms with Gasteiger partial charge >= 0.3 is 5.69 Å². The summed E-state index contributed by atoms with van der Waals surface area (Å²) in [6, 6.07) is 18.1. The number of halogens is 1. The van der Waals surface area contributed by atoms with E-state index in [-0.39, 0.29) is 17.0 Å². The summed E-state index contributed by atoms with van der Waals surface area (Å²) in [6.07, 6.45) is 1.26. The van der Waals surface area contributed by atoms with Crippen molar-refractivity contribution in [1.29, 1.82) is 0 Å². The van der Waals surface area contributed by atoms with Gasteiger partial charge in [0.15, 0.2) is 6.61 Å². The van der Waals surface area contributed by atoms with Crippen LogP contribution in [0.2, 0.25) is 0 Å². The predicted octanol–water partition coefficient (Wildman–Crippen LogP) is 4.28. The lowest BCUT2D eigenvalue weighted by Gasteiger charge is -2.10. The highest BCUT2D eigenvalue weighted by Gasteiger charge is 2.20. The molecule has 11 heteroatoms. The third-order valence-corrected chi connectivity index (χ3v) is 5.40. The fraction of sp³-hybridized carbons (Fsp3) is 0.0833. The maximum absolute atomic E-state index is 13.0. The lowest BCUT2D eigenvalue weighted by atomic mass is 10.2. The van der Waals surface area contributed by atoms with Gasteiger partial charge in [-0.1, -0.05) is 40.2 Å². The maximum atomic E-state index is 13.0. The summed E-state index contributed by atoms with van der Waals surface area (Å²) in [5, 5.41) is 18.8. The fourth-order valence-corrected chi connectivity index (χ4v) is 3.68. The Kier molecular flexibility index (Phi) is 6.97. The average molecular weight is 536 g/mol. The number of rotatable bonds is 7. The minimum Gasteiger partial charge on any atom is -0.476 e. The van der Waals surface area contributed by atoms with Crippen LogP contribution in [-0.4, -0.2) is 33.3 Å². The van der Waals surface area contributed by atoms with Crippen molar-refractivity contribution in [3.8, 4) is 5.75 Å². The molecule has 0 atom stereocenters. The van der Waals surface area contributed by atoms with Crippen LogP contribution in [0.4, 0.5) is 11.4 Å². The number of amides is 1. The molecule has 176 valence electrons. The summed E-state index contributed by atoms with van der Waals surface area (Å²) in [7, 11) is 0. The van der Waals surface area contributed by atoms with Gasteiger partial charge < -0.3 is 10.1 Å². The number of anilines is 1. The number of fused-ring (bicyclic) bond motifs is 1. The van der Waals surface area contributed by atoms with Crippen LogP contribution in [0.25, 0.3) is 10.9 Å². The number of carbonyl (C=O) groups excluding carboxylic acids is 1. The normalized spacial score (nSPS) is 11.0. The minimum absolute atomic E-state index is 0.147. The van der Waals surface area contributed by atoms with E-state index >= 15 is 0 Å². The van der Waals surface area contributed by atoms with Gasteiger partial charge in [0, 0.05) is 21.8 Å². The van der Waals surface area contributed by atoms with Crippen molar-refractivity contribution >= 4 is 50.3 Å². The summed E-state index contributed by atoms with van der Waals surface area (Å²) in [4.78, 5) is 40.6. The number of aromatic nitrogens is 2. The van der Waals surface area contributed by atoms with Crippen LogP contribution in [0.5, 0.6) is 5.75 Å². The van der Waals surface area contributed by atoms with Crippen LogP contribution in [-0.2, 0) is 4.79 Å².